The zero-order valence-corrected chi connectivity index (χ0v) is 14.3. The summed E-state index contributed by atoms with van der Waals surface area (Å²) in [6.45, 7) is 0.411. The normalized spacial score (nSPS) is 9.93. The maximum Gasteiger partial charge on any atom is 0.316 e. The van der Waals surface area contributed by atoms with E-state index in [9.17, 15) is 19.2 Å². The lowest BCUT2D eigenvalue weighted by molar-refractivity contribution is 0.0927. The van der Waals surface area contributed by atoms with Gasteiger partial charge in [0, 0.05) is 35.5 Å². The topological polar surface area (TPSA) is 156 Å². The fourth-order valence-corrected chi connectivity index (χ4v) is 2.22. The van der Waals surface area contributed by atoms with Gasteiger partial charge in [-0.05, 0) is 42.5 Å². The average molecular weight is 369 g/mol. The predicted octanol–water partition coefficient (Wildman–Crippen LogP) is 0.436. The fourth-order valence-electron chi connectivity index (χ4n) is 2.22. The summed E-state index contributed by atoms with van der Waals surface area (Å²) in [5.74, 6) is -1.33. The zero-order chi connectivity index (χ0) is 19.8. The van der Waals surface area contributed by atoms with Crippen molar-refractivity contribution < 1.29 is 19.2 Å². The molecule has 0 aromatic heterocycles. The molecule has 140 valence electrons. The Hall–Kier alpha value is -3.88. The number of anilines is 1. The van der Waals surface area contributed by atoms with E-state index < -0.39 is 11.9 Å². The number of rotatable bonds is 7. The highest BCUT2D eigenvalue weighted by atomic mass is 16.2. The third-order valence-electron chi connectivity index (χ3n) is 3.52. The Bertz CT molecular complexity index is 864. The van der Waals surface area contributed by atoms with Crippen LogP contribution in [-0.4, -0.2) is 36.8 Å². The molecule has 0 heterocycles. The summed E-state index contributed by atoms with van der Waals surface area (Å²) in [5, 5.41) is 7.68. The highest BCUT2D eigenvalue weighted by Gasteiger charge is 2.09. The van der Waals surface area contributed by atoms with Crippen molar-refractivity contribution >= 4 is 29.4 Å². The highest BCUT2D eigenvalue weighted by Crippen LogP contribution is 2.09. The van der Waals surface area contributed by atoms with Crippen molar-refractivity contribution in [2.45, 2.75) is 0 Å². The molecule has 0 aliphatic rings. The molecule has 0 aliphatic heterocycles. The lowest BCUT2D eigenvalue weighted by Crippen LogP contribution is -2.34. The second-order valence-corrected chi connectivity index (χ2v) is 5.52. The van der Waals surface area contributed by atoms with Crippen LogP contribution in [0.4, 0.5) is 10.5 Å². The maximum atomic E-state index is 12.0. The van der Waals surface area contributed by atoms with E-state index in [2.05, 4.69) is 16.0 Å². The van der Waals surface area contributed by atoms with Gasteiger partial charge in [-0.3, -0.25) is 14.4 Å². The molecular formula is C18H19N5O4. The van der Waals surface area contributed by atoms with Gasteiger partial charge in [-0.2, -0.15) is 0 Å². The predicted molar refractivity (Wildman–Crippen MR) is 99.3 cm³/mol. The van der Waals surface area contributed by atoms with Crippen LogP contribution in [0.3, 0.4) is 0 Å². The smallest absolute Gasteiger partial charge is 0.316 e. The number of urea groups is 1. The summed E-state index contributed by atoms with van der Waals surface area (Å²) in [7, 11) is 0. The molecular weight excluding hydrogens is 350 g/mol. The molecule has 9 nitrogen and oxygen atoms in total. The second-order valence-electron chi connectivity index (χ2n) is 5.52. The Morgan fingerprint density at radius 3 is 1.85 bits per heavy atom. The molecule has 0 fully saturated rings. The molecule has 0 unspecified atom stereocenters. The number of amides is 5. The van der Waals surface area contributed by atoms with Crippen LogP contribution in [0.2, 0.25) is 0 Å². The summed E-state index contributed by atoms with van der Waals surface area (Å²) in [4.78, 5) is 45.9. The molecule has 0 saturated heterocycles. The number of carbonyl (C=O) groups is 4. The van der Waals surface area contributed by atoms with Gasteiger partial charge in [0.2, 0.25) is 5.91 Å². The Kier molecular flexibility index (Phi) is 6.48. The van der Waals surface area contributed by atoms with Crippen LogP contribution >= 0.6 is 0 Å². The minimum atomic E-state index is -0.690. The van der Waals surface area contributed by atoms with Crippen molar-refractivity contribution in [2.24, 2.45) is 11.5 Å². The summed E-state index contributed by atoms with van der Waals surface area (Å²) in [6, 6.07) is 11.5. The number of nitrogens with one attached hydrogen (secondary N) is 3. The number of hydrogen-bond donors (Lipinski definition) is 5. The van der Waals surface area contributed by atoms with Crippen molar-refractivity contribution in [3.05, 3.63) is 65.2 Å². The number of nitrogens with two attached hydrogens (primary N) is 2. The standard InChI is InChI=1S/C18H19N5O4/c19-15(24)12-2-1-3-13(10-12)17(26)22-9-8-21-16(25)11-4-6-14(7-5-11)23-18(20)27/h1-7,10H,8-9H2,(H2,19,24)(H,21,25)(H,22,26)(H3,20,23,27). The van der Waals surface area contributed by atoms with Crippen molar-refractivity contribution in [3.8, 4) is 0 Å². The molecule has 2 aromatic carbocycles. The molecule has 0 bridgehead atoms. The minimum absolute atomic E-state index is 0.201. The van der Waals surface area contributed by atoms with E-state index in [-0.39, 0.29) is 30.5 Å². The molecule has 7 N–H and O–H groups in total. The Labute approximate surface area is 155 Å². The molecule has 2 rings (SSSR count). The Morgan fingerprint density at radius 1 is 0.741 bits per heavy atom. The van der Waals surface area contributed by atoms with E-state index in [1.807, 2.05) is 0 Å². The fraction of sp³-hybridized carbons (Fsp3) is 0.111. The van der Waals surface area contributed by atoms with Crippen LogP contribution in [0.1, 0.15) is 31.1 Å². The maximum absolute atomic E-state index is 12.0. The van der Waals surface area contributed by atoms with Gasteiger partial charge in [0.1, 0.15) is 0 Å². The van der Waals surface area contributed by atoms with Crippen LogP contribution in [0, 0.1) is 0 Å². The van der Waals surface area contributed by atoms with E-state index in [1.54, 1.807) is 24.3 Å². The molecule has 27 heavy (non-hydrogen) atoms. The number of carbonyl (C=O) groups excluding carboxylic acids is 4. The van der Waals surface area contributed by atoms with Crippen LogP contribution in [0.5, 0.6) is 0 Å². The molecule has 0 radical (unpaired) electrons. The first kappa shape index (κ1) is 19.4. The van der Waals surface area contributed by atoms with E-state index in [0.717, 1.165) is 0 Å². The molecule has 0 aliphatic carbocycles. The molecule has 2 aromatic rings. The number of hydrogen-bond acceptors (Lipinski definition) is 4. The van der Waals surface area contributed by atoms with E-state index >= 15 is 0 Å². The second kappa shape index (κ2) is 8.99. The third kappa shape index (κ3) is 5.85. The Morgan fingerprint density at radius 2 is 1.30 bits per heavy atom. The van der Waals surface area contributed by atoms with Crippen molar-refractivity contribution in [1.82, 2.24) is 10.6 Å². The monoisotopic (exact) mass is 369 g/mol. The van der Waals surface area contributed by atoms with Gasteiger partial charge in [-0.25, -0.2) is 4.79 Å². The average Bonchev–Trinajstić information content (AvgIpc) is 2.65. The summed E-state index contributed by atoms with van der Waals surface area (Å²) < 4.78 is 0. The van der Waals surface area contributed by atoms with Gasteiger partial charge in [-0.15, -0.1) is 0 Å². The SMILES string of the molecule is NC(=O)Nc1ccc(C(=O)NCCNC(=O)c2cccc(C(N)=O)c2)cc1. The van der Waals surface area contributed by atoms with Gasteiger partial charge in [0.15, 0.2) is 0 Å². The first-order chi connectivity index (χ1) is 12.9. The van der Waals surface area contributed by atoms with Gasteiger partial charge in [0.05, 0.1) is 0 Å². The zero-order valence-electron chi connectivity index (χ0n) is 14.3. The number of benzene rings is 2. The number of primary amides is 2. The largest absolute Gasteiger partial charge is 0.366 e. The van der Waals surface area contributed by atoms with Crippen LogP contribution in [0.15, 0.2) is 48.5 Å². The minimum Gasteiger partial charge on any atom is -0.366 e. The molecule has 5 amide bonds. The quantitative estimate of drug-likeness (QED) is 0.449. The van der Waals surface area contributed by atoms with Gasteiger partial charge >= 0.3 is 6.03 Å². The molecule has 0 atom stereocenters. The van der Waals surface area contributed by atoms with Crippen LogP contribution < -0.4 is 27.4 Å². The van der Waals surface area contributed by atoms with Crippen LogP contribution in [-0.2, 0) is 0 Å². The van der Waals surface area contributed by atoms with Gasteiger partial charge in [0.25, 0.3) is 11.8 Å². The van der Waals surface area contributed by atoms with Crippen molar-refractivity contribution in [3.63, 3.8) is 0 Å². The van der Waals surface area contributed by atoms with Crippen molar-refractivity contribution in [1.29, 1.82) is 0 Å². The lowest BCUT2D eigenvalue weighted by atomic mass is 10.1. The summed E-state index contributed by atoms with van der Waals surface area (Å²) >= 11 is 0. The lowest BCUT2D eigenvalue weighted by Gasteiger charge is -2.08. The first-order valence-corrected chi connectivity index (χ1v) is 7.99. The first-order valence-electron chi connectivity index (χ1n) is 7.99. The summed E-state index contributed by atoms with van der Waals surface area (Å²) in [6.07, 6.45) is 0. The third-order valence-corrected chi connectivity index (χ3v) is 3.52. The van der Waals surface area contributed by atoms with E-state index in [1.165, 1.54) is 24.3 Å². The highest BCUT2D eigenvalue weighted by molar-refractivity contribution is 5.99. The van der Waals surface area contributed by atoms with Crippen LogP contribution in [0.25, 0.3) is 0 Å². The van der Waals surface area contributed by atoms with Gasteiger partial charge in [-0.1, -0.05) is 6.07 Å². The Balaban J connectivity index is 1.79. The molecule has 0 saturated carbocycles. The van der Waals surface area contributed by atoms with E-state index in [0.29, 0.717) is 16.8 Å². The van der Waals surface area contributed by atoms with E-state index in [4.69, 9.17) is 11.5 Å². The van der Waals surface area contributed by atoms with Crippen molar-refractivity contribution in [2.75, 3.05) is 18.4 Å². The van der Waals surface area contributed by atoms with Gasteiger partial charge < -0.3 is 27.4 Å². The molecule has 0 spiro atoms. The molecule has 9 heteroatoms. The summed E-state index contributed by atoms with van der Waals surface area (Å²) in [5.41, 5.74) is 11.6.